The molecule has 1 saturated carbocycles. The molecule has 0 aromatic rings. The molecular weight excluding hydrogens is 206 g/mol. The molecule has 0 bridgehead atoms. The molecular formula is C11H19N3O2. The number of amides is 3. The van der Waals surface area contributed by atoms with E-state index >= 15 is 0 Å². The highest BCUT2D eigenvalue weighted by atomic mass is 16.2. The van der Waals surface area contributed by atoms with Gasteiger partial charge in [-0.25, -0.2) is 4.79 Å². The zero-order valence-electron chi connectivity index (χ0n) is 9.66. The molecule has 5 heteroatoms. The Hall–Kier alpha value is -1.26. The number of likely N-dealkylation sites (tertiary alicyclic amines) is 1. The molecule has 16 heavy (non-hydrogen) atoms. The van der Waals surface area contributed by atoms with E-state index in [0.29, 0.717) is 12.6 Å². The lowest BCUT2D eigenvalue weighted by molar-refractivity contribution is -0.119. The number of nitrogens with one attached hydrogen (secondary N) is 2. The van der Waals surface area contributed by atoms with Gasteiger partial charge in [0.25, 0.3) is 0 Å². The number of urea groups is 1. The third-order valence-corrected chi connectivity index (χ3v) is 3.32. The van der Waals surface area contributed by atoms with Gasteiger partial charge in [-0.15, -0.1) is 0 Å². The van der Waals surface area contributed by atoms with Crippen molar-refractivity contribution in [1.82, 2.24) is 15.5 Å². The molecule has 1 unspecified atom stereocenters. The van der Waals surface area contributed by atoms with E-state index in [9.17, 15) is 9.59 Å². The van der Waals surface area contributed by atoms with Gasteiger partial charge >= 0.3 is 6.03 Å². The Morgan fingerprint density at radius 2 is 1.88 bits per heavy atom. The van der Waals surface area contributed by atoms with Crippen LogP contribution >= 0.6 is 0 Å². The average molecular weight is 225 g/mol. The van der Waals surface area contributed by atoms with Gasteiger partial charge in [0.1, 0.15) is 0 Å². The molecule has 1 saturated heterocycles. The average Bonchev–Trinajstić information content (AvgIpc) is 2.58. The Bertz CT molecular complexity index is 289. The second-order valence-electron chi connectivity index (χ2n) is 4.71. The van der Waals surface area contributed by atoms with Crippen molar-refractivity contribution < 1.29 is 9.59 Å². The Morgan fingerprint density at radius 3 is 2.44 bits per heavy atom. The summed E-state index contributed by atoms with van der Waals surface area (Å²) in [7, 11) is 0. The van der Waals surface area contributed by atoms with Crippen LogP contribution in [-0.4, -0.2) is 42.0 Å². The Morgan fingerprint density at radius 1 is 1.12 bits per heavy atom. The van der Waals surface area contributed by atoms with Crippen LogP contribution in [0.5, 0.6) is 0 Å². The first kappa shape index (κ1) is 11.2. The molecule has 2 rings (SSSR count). The standard InChI is InChI=1S/C11H19N3O2/c1-8(15)12-10-5-6-14(7-10)11(16)13-9-3-2-4-9/h9-10H,2-7H2,1H3,(H,12,15)(H,13,16). The molecule has 2 aliphatic rings. The van der Waals surface area contributed by atoms with Crippen LogP contribution in [0.1, 0.15) is 32.6 Å². The minimum absolute atomic E-state index is 0.0220. The van der Waals surface area contributed by atoms with E-state index in [-0.39, 0.29) is 18.0 Å². The van der Waals surface area contributed by atoms with Crippen LogP contribution in [0, 0.1) is 0 Å². The molecule has 2 N–H and O–H groups in total. The van der Waals surface area contributed by atoms with Gasteiger partial charge in [0.15, 0.2) is 0 Å². The van der Waals surface area contributed by atoms with Crippen LogP contribution < -0.4 is 10.6 Å². The van der Waals surface area contributed by atoms with Gasteiger partial charge in [-0.05, 0) is 25.7 Å². The van der Waals surface area contributed by atoms with Crippen LogP contribution in [0.3, 0.4) is 0 Å². The van der Waals surface area contributed by atoms with Crippen molar-refractivity contribution in [3.63, 3.8) is 0 Å². The number of carbonyl (C=O) groups is 2. The molecule has 3 amide bonds. The fourth-order valence-electron chi connectivity index (χ4n) is 2.17. The van der Waals surface area contributed by atoms with Crippen molar-refractivity contribution in [3.05, 3.63) is 0 Å². The first-order valence-electron chi connectivity index (χ1n) is 5.97. The summed E-state index contributed by atoms with van der Waals surface area (Å²) in [5.74, 6) is -0.0220. The van der Waals surface area contributed by atoms with Gasteiger partial charge in [0, 0.05) is 32.1 Å². The van der Waals surface area contributed by atoms with Crippen LogP contribution in [0.15, 0.2) is 0 Å². The van der Waals surface area contributed by atoms with E-state index in [4.69, 9.17) is 0 Å². The summed E-state index contributed by atoms with van der Waals surface area (Å²) < 4.78 is 0. The summed E-state index contributed by atoms with van der Waals surface area (Å²) in [6.45, 7) is 2.89. The third kappa shape index (κ3) is 2.65. The zero-order valence-corrected chi connectivity index (χ0v) is 9.66. The molecule has 0 aromatic carbocycles. The molecule has 1 aliphatic heterocycles. The molecule has 0 radical (unpaired) electrons. The number of rotatable bonds is 2. The van der Waals surface area contributed by atoms with Crippen molar-refractivity contribution in [2.24, 2.45) is 0 Å². The molecule has 2 fully saturated rings. The van der Waals surface area contributed by atoms with Crippen LogP contribution in [0.4, 0.5) is 4.79 Å². The molecule has 1 aliphatic carbocycles. The highest BCUT2D eigenvalue weighted by Gasteiger charge is 2.28. The predicted molar refractivity (Wildman–Crippen MR) is 60.0 cm³/mol. The molecule has 0 aromatic heterocycles. The molecule has 90 valence electrons. The maximum atomic E-state index is 11.8. The van der Waals surface area contributed by atoms with E-state index in [1.807, 2.05) is 0 Å². The second kappa shape index (κ2) is 4.72. The highest BCUT2D eigenvalue weighted by molar-refractivity contribution is 5.76. The monoisotopic (exact) mass is 225 g/mol. The van der Waals surface area contributed by atoms with E-state index < -0.39 is 0 Å². The van der Waals surface area contributed by atoms with Crippen LogP contribution in [0.2, 0.25) is 0 Å². The predicted octanol–water partition coefficient (Wildman–Crippen LogP) is 0.459. The molecule has 1 heterocycles. The smallest absolute Gasteiger partial charge is 0.317 e. The van der Waals surface area contributed by atoms with Crippen molar-refractivity contribution in [1.29, 1.82) is 0 Å². The fourth-order valence-corrected chi connectivity index (χ4v) is 2.17. The number of carbonyl (C=O) groups excluding carboxylic acids is 2. The normalized spacial score (nSPS) is 25.1. The van der Waals surface area contributed by atoms with Crippen LogP contribution in [0.25, 0.3) is 0 Å². The van der Waals surface area contributed by atoms with Crippen molar-refractivity contribution >= 4 is 11.9 Å². The van der Waals surface area contributed by atoms with Crippen molar-refractivity contribution in [2.75, 3.05) is 13.1 Å². The lowest BCUT2D eigenvalue weighted by Gasteiger charge is -2.29. The van der Waals surface area contributed by atoms with Gasteiger partial charge < -0.3 is 15.5 Å². The second-order valence-corrected chi connectivity index (χ2v) is 4.71. The van der Waals surface area contributed by atoms with Gasteiger partial charge in [-0.3, -0.25) is 4.79 Å². The summed E-state index contributed by atoms with van der Waals surface area (Å²) >= 11 is 0. The molecule has 1 atom stereocenters. The minimum Gasteiger partial charge on any atom is -0.352 e. The highest BCUT2D eigenvalue weighted by Crippen LogP contribution is 2.19. The SMILES string of the molecule is CC(=O)NC1CCN(C(=O)NC2CCC2)C1. The van der Waals surface area contributed by atoms with Gasteiger partial charge in [-0.1, -0.05) is 0 Å². The van der Waals surface area contributed by atoms with E-state index in [0.717, 1.165) is 25.8 Å². The maximum Gasteiger partial charge on any atom is 0.317 e. The van der Waals surface area contributed by atoms with Gasteiger partial charge in [0.05, 0.1) is 0 Å². The van der Waals surface area contributed by atoms with E-state index in [2.05, 4.69) is 10.6 Å². The van der Waals surface area contributed by atoms with Crippen LogP contribution in [-0.2, 0) is 4.79 Å². The summed E-state index contributed by atoms with van der Waals surface area (Å²) in [5.41, 5.74) is 0. The molecule has 0 spiro atoms. The quantitative estimate of drug-likeness (QED) is 0.717. The summed E-state index contributed by atoms with van der Waals surface area (Å²) in [6, 6.07) is 0.537. The van der Waals surface area contributed by atoms with Crippen molar-refractivity contribution in [3.8, 4) is 0 Å². The number of hydrogen-bond acceptors (Lipinski definition) is 2. The number of nitrogens with zero attached hydrogens (tertiary/aromatic N) is 1. The van der Waals surface area contributed by atoms with E-state index in [1.54, 1.807) is 4.90 Å². The summed E-state index contributed by atoms with van der Waals surface area (Å²) in [6.07, 6.45) is 4.29. The first-order chi connectivity index (χ1) is 7.65. The Kier molecular flexibility index (Phi) is 3.31. The van der Waals surface area contributed by atoms with Gasteiger partial charge in [0.2, 0.25) is 5.91 Å². The van der Waals surface area contributed by atoms with Crippen molar-refractivity contribution in [2.45, 2.75) is 44.7 Å². The third-order valence-electron chi connectivity index (χ3n) is 3.32. The molecule has 5 nitrogen and oxygen atoms in total. The summed E-state index contributed by atoms with van der Waals surface area (Å²) in [5, 5.41) is 5.85. The van der Waals surface area contributed by atoms with E-state index in [1.165, 1.54) is 13.3 Å². The lowest BCUT2D eigenvalue weighted by atomic mass is 9.93. The Balaban J connectivity index is 1.74. The largest absolute Gasteiger partial charge is 0.352 e. The summed E-state index contributed by atoms with van der Waals surface area (Å²) in [4.78, 5) is 24.5. The minimum atomic E-state index is -0.0220. The topological polar surface area (TPSA) is 61.4 Å². The zero-order chi connectivity index (χ0) is 11.5. The maximum absolute atomic E-state index is 11.8. The Labute approximate surface area is 95.6 Å². The lowest BCUT2D eigenvalue weighted by Crippen LogP contribution is -2.47. The first-order valence-corrected chi connectivity index (χ1v) is 5.97. The van der Waals surface area contributed by atoms with Gasteiger partial charge in [-0.2, -0.15) is 0 Å². The fraction of sp³-hybridized carbons (Fsp3) is 0.818. The number of hydrogen-bond donors (Lipinski definition) is 2.